The first kappa shape index (κ1) is 32.5. The molecule has 2 unspecified atom stereocenters. The van der Waals surface area contributed by atoms with Crippen molar-refractivity contribution in [2.45, 2.75) is 122 Å². The minimum absolute atomic E-state index is 0.362. The van der Waals surface area contributed by atoms with Gasteiger partial charge in [0, 0.05) is 0 Å². The van der Waals surface area contributed by atoms with E-state index >= 15 is 0 Å². The molecule has 0 heterocycles. The molecule has 0 saturated heterocycles. The van der Waals surface area contributed by atoms with Gasteiger partial charge < -0.3 is 20.8 Å². The van der Waals surface area contributed by atoms with Crippen molar-refractivity contribution in [3.8, 4) is 0 Å². The zero-order valence-electron chi connectivity index (χ0n) is 24.4. The molecule has 2 atom stereocenters. The summed E-state index contributed by atoms with van der Waals surface area (Å²) in [6, 6.07) is 18.6. The Morgan fingerprint density at radius 1 is 0.615 bits per heavy atom. The smallest absolute Gasteiger partial charge is 0.229 e. The Morgan fingerprint density at radius 2 is 0.923 bits per heavy atom. The number of aliphatic hydroxyl groups is 2. The lowest BCUT2D eigenvalue weighted by Gasteiger charge is -2.38. The Hall–Kier alpha value is -2.70. The molecule has 0 aromatic heterocycles. The summed E-state index contributed by atoms with van der Waals surface area (Å²) in [5.41, 5.74) is -0.0943. The molecule has 6 nitrogen and oxygen atoms in total. The molecular formula is C33H50N2O4. The van der Waals surface area contributed by atoms with Gasteiger partial charge in [-0.15, -0.1) is 0 Å². The van der Waals surface area contributed by atoms with Crippen LogP contribution in [-0.2, 0) is 22.4 Å². The number of nitrogens with one attached hydrogen (secondary N) is 2. The summed E-state index contributed by atoms with van der Waals surface area (Å²) in [6.45, 7) is 8.10. The molecule has 0 spiro atoms. The number of carbonyl (C=O) groups is 2. The van der Waals surface area contributed by atoms with E-state index in [1.165, 1.54) is 0 Å². The second kappa shape index (κ2) is 16.4. The van der Waals surface area contributed by atoms with Gasteiger partial charge in [0.1, 0.15) is 6.42 Å². The summed E-state index contributed by atoms with van der Waals surface area (Å²) < 4.78 is 0. The normalized spacial score (nSPS) is 13.5. The van der Waals surface area contributed by atoms with Crippen LogP contribution in [0.3, 0.4) is 0 Å². The van der Waals surface area contributed by atoms with Crippen LogP contribution in [0.2, 0.25) is 0 Å². The van der Waals surface area contributed by atoms with Crippen LogP contribution in [-0.4, -0.2) is 45.3 Å². The first-order chi connectivity index (χ1) is 18.7. The largest absolute Gasteiger partial charge is 0.388 e. The van der Waals surface area contributed by atoms with Crippen molar-refractivity contribution in [2.75, 3.05) is 0 Å². The van der Waals surface area contributed by atoms with Crippen LogP contribution in [0, 0.1) is 0 Å². The molecule has 39 heavy (non-hydrogen) atoms. The van der Waals surface area contributed by atoms with Crippen LogP contribution in [0.25, 0.3) is 0 Å². The zero-order valence-corrected chi connectivity index (χ0v) is 24.4. The fourth-order valence-corrected chi connectivity index (χ4v) is 5.77. The van der Waals surface area contributed by atoms with E-state index in [1.807, 2.05) is 88.4 Å². The van der Waals surface area contributed by atoms with Crippen molar-refractivity contribution in [1.82, 2.24) is 10.6 Å². The van der Waals surface area contributed by atoms with Crippen molar-refractivity contribution in [3.63, 3.8) is 0 Å². The Morgan fingerprint density at radius 3 is 1.21 bits per heavy atom. The molecular weight excluding hydrogens is 488 g/mol. The number of hydrogen-bond donors (Lipinski definition) is 4. The first-order valence-electron chi connectivity index (χ1n) is 14.8. The van der Waals surface area contributed by atoms with Gasteiger partial charge in [-0.05, 0) is 49.7 Å². The lowest BCUT2D eigenvalue weighted by atomic mass is 9.81. The minimum Gasteiger partial charge on any atom is -0.388 e. The quantitative estimate of drug-likeness (QED) is 0.189. The third-order valence-corrected chi connectivity index (χ3v) is 7.59. The van der Waals surface area contributed by atoms with Gasteiger partial charge in [0.25, 0.3) is 0 Å². The summed E-state index contributed by atoms with van der Waals surface area (Å²) in [5.74, 6) is -0.848. The van der Waals surface area contributed by atoms with Gasteiger partial charge in [0.05, 0.1) is 23.3 Å². The second-order valence-electron chi connectivity index (χ2n) is 11.0. The molecule has 216 valence electrons. The van der Waals surface area contributed by atoms with E-state index in [1.54, 1.807) is 0 Å². The molecule has 2 amide bonds. The molecule has 2 rings (SSSR count). The number of hydrogen-bond acceptors (Lipinski definition) is 4. The molecule has 0 aliphatic rings. The van der Waals surface area contributed by atoms with E-state index < -0.39 is 35.1 Å². The average Bonchev–Trinajstić information content (AvgIpc) is 2.89. The summed E-state index contributed by atoms with van der Waals surface area (Å²) in [5, 5.41) is 29.2. The number of amides is 2. The van der Waals surface area contributed by atoms with E-state index in [4.69, 9.17) is 0 Å². The Balaban J connectivity index is 2.20. The van der Waals surface area contributed by atoms with Crippen LogP contribution in [0.15, 0.2) is 60.7 Å². The molecule has 6 heteroatoms. The molecule has 0 bridgehead atoms. The van der Waals surface area contributed by atoms with Gasteiger partial charge in [0.2, 0.25) is 11.8 Å². The van der Waals surface area contributed by atoms with Crippen LogP contribution < -0.4 is 10.6 Å². The Labute approximate surface area is 235 Å². The molecule has 2 aromatic carbocycles. The highest BCUT2D eigenvalue weighted by molar-refractivity contribution is 5.97. The van der Waals surface area contributed by atoms with Crippen molar-refractivity contribution >= 4 is 11.8 Å². The van der Waals surface area contributed by atoms with Gasteiger partial charge in [-0.1, -0.05) is 114 Å². The maximum atomic E-state index is 13.2. The minimum atomic E-state index is -1.07. The molecule has 0 aliphatic heterocycles. The number of benzene rings is 2. The summed E-state index contributed by atoms with van der Waals surface area (Å²) in [4.78, 5) is 26.4. The molecule has 0 aliphatic carbocycles. The summed E-state index contributed by atoms with van der Waals surface area (Å²) in [7, 11) is 0. The fourth-order valence-electron chi connectivity index (χ4n) is 5.77. The van der Waals surface area contributed by atoms with E-state index in [-0.39, 0.29) is 6.42 Å². The SMILES string of the molecule is CCCC(O)(CCC)C(Cc1ccccc1)NC(=O)CC(=O)NC(Cc1ccccc1)C(O)(CCC)CCC. The predicted octanol–water partition coefficient (Wildman–Crippen LogP) is 5.49. The molecule has 0 radical (unpaired) electrons. The third-order valence-electron chi connectivity index (χ3n) is 7.59. The Bertz CT molecular complexity index is 888. The molecule has 2 aromatic rings. The van der Waals surface area contributed by atoms with E-state index in [0.717, 1.165) is 36.8 Å². The standard InChI is InChI=1S/C33H50N2O4/c1-5-19-32(38,20-6-2)28(23-26-15-11-9-12-16-26)34-30(36)25-31(37)35-29(24-27-17-13-10-14-18-27)33(39,21-7-3)22-8-4/h9-18,28-29,38-39H,5-8,19-25H2,1-4H3,(H,34,36)(H,35,37). The van der Waals surface area contributed by atoms with E-state index in [2.05, 4.69) is 10.6 Å². The number of rotatable bonds is 18. The van der Waals surface area contributed by atoms with Crippen LogP contribution in [0.5, 0.6) is 0 Å². The maximum absolute atomic E-state index is 13.2. The summed E-state index contributed by atoms with van der Waals surface area (Å²) in [6.07, 6.45) is 5.98. The third kappa shape index (κ3) is 10.4. The molecule has 0 saturated carbocycles. The van der Waals surface area contributed by atoms with Crippen LogP contribution >= 0.6 is 0 Å². The van der Waals surface area contributed by atoms with Crippen molar-refractivity contribution in [2.24, 2.45) is 0 Å². The van der Waals surface area contributed by atoms with Crippen molar-refractivity contribution in [1.29, 1.82) is 0 Å². The molecule has 4 N–H and O–H groups in total. The van der Waals surface area contributed by atoms with Gasteiger partial charge >= 0.3 is 0 Å². The Kier molecular flexibility index (Phi) is 13.7. The fraction of sp³-hybridized carbons (Fsp3) is 0.576. The monoisotopic (exact) mass is 538 g/mol. The highest BCUT2D eigenvalue weighted by Crippen LogP contribution is 2.28. The maximum Gasteiger partial charge on any atom is 0.229 e. The summed E-state index contributed by atoms with van der Waals surface area (Å²) >= 11 is 0. The lowest BCUT2D eigenvalue weighted by Crippen LogP contribution is -2.56. The predicted molar refractivity (Wildman–Crippen MR) is 158 cm³/mol. The van der Waals surface area contributed by atoms with Gasteiger partial charge in [-0.3, -0.25) is 9.59 Å². The van der Waals surface area contributed by atoms with Gasteiger partial charge in [-0.2, -0.15) is 0 Å². The molecule has 0 fully saturated rings. The zero-order chi connectivity index (χ0) is 28.7. The van der Waals surface area contributed by atoms with E-state index in [0.29, 0.717) is 38.5 Å². The highest BCUT2D eigenvalue weighted by Gasteiger charge is 2.38. The highest BCUT2D eigenvalue weighted by atomic mass is 16.3. The topological polar surface area (TPSA) is 98.7 Å². The van der Waals surface area contributed by atoms with Gasteiger partial charge in [0.15, 0.2) is 0 Å². The van der Waals surface area contributed by atoms with Gasteiger partial charge in [-0.25, -0.2) is 0 Å². The van der Waals surface area contributed by atoms with Crippen LogP contribution in [0.1, 0.15) is 96.6 Å². The van der Waals surface area contributed by atoms with E-state index in [9.17, 15) is 19.8 Å². The van der Waals surface area contributed by atoms with Crippen molar-refractivity contribution < 1.29 is 19.8 Å². The van der Waals surface area contributed by atoms with Crippen LogP contribution in [0.4, 0.5) is 0 Å². The van der Waals surface area contributed by atoms with Crippen molar-refractivity contribution in [3.05, 3.63) is 71.8 Å². The first-order valence-corrected chi connectivity index (χ1v) is 14.8. The number of carbonyl (C=O) groups excluding carboxylic acids is 2. The lowest BCUT2D eigenvalue weighted by molar-refractivity contribution is -0.133. The average molecular weight is 539 g/mol. The second-order valence-corrected chi connectivity index (χ2v) is 11.0.